The Hall–Kier alpha value is -3.86. The third-order valence-electron chi connectivity index (χ3n) is 5.39. The van der Waals surface area contributed by atoms with Crippen molar-refractivity contribution < 1.29 is 68.6 Å². The number of aromatic carboxylic acids is 2. The summed E-state index contributed by atoms with van der Waals surface area (Å²) >= 11 is 0. The predicted molar refractivity (Wildman–Crippen MR) is 143 cm³/mol. The first kappa shape index (κ1) is 37.1. The summed E-state index contributed by atoms with van der Waals surface area (Å²) in [6.07, 6.45) is 6.76. The average molecular weight is 626 g/mol. The van der Waals surface area contributed by atoms with Gasteiger partial charge in [0.05, 0.1) is 25.2 Å². The van der Waals surface area contributed by atoms with Crippen LogP contribution in [0.4, 0.5) is 21.0 Å². The number of carbonyl (C=O) groups is 4. The van der Waals surface area contributed by atoms with Crippen molar-refractivity contribution in [1.29, 1.82) is 0 Å². The van der Waals surface area contributed by atoms with Crippen LogP contribution in [0.3, 0.4) is 0 Å². The van der Waals surface area contributed by atoms with Crippen LogP contribution in [0.1, 0.15) is 85.9 Å². The molecule has 0 saturated heterocycles. The minimum atomic E-state index is -1.48. The maximum absolute atomic E-state index is 11.4. The quantitative estimate of drug-likeness (QED) is 0.177. The van der Waals surface area contributed by atoms with Gasteiger partial charge in [0.2, 0.25) is 0 Å². The van der Waals surface area contributed by atoms with E-state index >= 15 is 0 Å². The van der Waals surface area contributed by atoms with Crippen molar-refractivity contribution >= 4 is 35.5 Å². The van der Waals surface area contributed by atoms with Crippen molar-refractivity contribution in [3.63, 3.8) is 0 Å². The van der Waals surface area contributed by atoms with E-state index in [1.54, 1.807) is 0 Å². The Kier molecular flexibility index (Phi) is 19.0. The van der Waals surface area contributed by atoms with Gasteiger partial charge >= 0.3 is 31.7 Å². The smallest absolute Gasteiger partial charge is 0.545 e. The van der Waals surface area contributed by atoms with Crippen LogP contribution in [0.5, 0.6) is 11.5 Å². The summed E-state index contributed by atoms with van der Waals surface area (Å²) in [6, 6.07) is 7.27. The number of rotatable bonds is 14. The summed E-state index contributed by atoms with van der Waals surface area (Å²) < 4.78 is 9.90. The van der Waals surface area contributed by atoms with Crippen LogP contribution >= 0.6 is 0 Å². The fourth-order valence-corrected chi connectivity index (χ4v) is 3.26. The third-order valence-corrected chi connectivity index (χ3v) is 5.39. The first-order valence-corrected chi connectivity index (χ1v) is 13.0. The van der Waals surface area contributed by atoms with Gasteiger partial charge in [-0.2, -0.15) is 0 Å². The fourth-order valence-electron chi connectivity index (χ4n) is 3.26. The Morgan fingerprint density at radius 1 is 0.659 bits per heavy atom. The van der Waals surface area contributed by atoms with Crippen molar-refractivity contribution in [1.82, 2.24) is 0 Å². The Morgan fingerprint density at radius 2 is 1.02 bits per heavy atom. The number of ether oxygens (including phenoxy) is 2. The number of amides is 2. The average Bonchev–Trinajstić information content (AvgIpc) is 2.88. The minimum absolute atomic E-state index is 0. The summed E-state index contributed by atoms with van der Waals surface area (Å²) in [5, 5.41) is 44.9. The molecule has 13 heteroatoms. The van der Waals surface area contributed by atoms with Crippen LogP contribution in [0.2, 0.25) is 0 Å². The molecule has 0 heterocycles. The topological polar surface area (TPSA) is 197 Å². The number of aromatic hydroxyl groups is 2. The molecule has 0 radical (unpaired) electrons. The number of anilines is 2. The minimum Gasteiger partial charge on any atom is -0.545 e. The molecule has 2 aromatic carbocycles. The van der Waals surface area contributed by atoms with E-state index in [4.69, 9.17) is 9.47 Å². The number of carboxylic acid groups (broad SMARTS) is 2. The van der Waals surface area contributed by atoms with Crippen LogP contribution in [0.25, 0.3) is 0 Å². The van der Waals surface area contributed by atoms with Crippen molar-refractivity contribution in [2.75, 3.05) is 23.8 Å². The van der Waals surface area contributed by atoms with E-state index in [2.05, 4.69) is 24.5 Å². The zero-order valence-electron chi connectivity index (χ0n) is 23.4. The van der Waals surface area contributed by atoms with Crippen LogP contribution < -0.4 is 20.8 Å². The van der Waals surface area contributed by atoms with E-state index < -0.39 is 35.6 Å². The number of hydrogen-bond acceptors (Lipinski definition) is 10. The van der Waals surface area contributed by atoms with Gasteiger partial charge in [-0.05, 0) is 37.1 Å². The second kappa shape index (κ2) is 21.0. The van der Waals surface area contributed by atoms with E-state index in [0.29, 0.717) is 13.2 Å². The maximum atomic E-state index is 11.4. The van der Waals surface area contributed by atoms with E-state index in [0.717, 1.165) is 75.6 Å². The SMILES string of the molecule is CCCCCCOC(=O)Nc1ccc(C(=O)[O-])c(O)c1.CCCCCCOC(=O)Nc1ccc(C(=O)[O-])c(O)c1.[Zn+2]. The summed E-state index contributed by atoms with van der Waals surface area (Å²) in [7, 11) is 0. The number of phenols is 2. The molecule has 0 aliphatic rings. The summed E-state index contributed by atoms with van der Waals surface area (Å²) in [5.41, 5.74) is -0.149. The predicted octanol–water partition coefficient (Wildman–Crippen LogP) is 3.77. The molecule has 2 rings (SSSR count). The molecule has 12 nitrogen and oxygen atoms in total. The van der Waals surface area contributed by atoms with Crippen LogP contribution in [0, 0.1) is 0 Å². The van der Waals surface area contributed by atoms with Gasteiger partial charge < -0.3 is 39.5 Å². The summed E-state index contributed by atoms with van der Waals surface area (Å²) in [5.74, 6) is -3.89. The van der Waals surface area contributed by atoms with Gasteiger partial charge in [0.25, 0.3) is 0 Å². The molecule has 0 spiro atoms. The van der Waals surface area contributed by atoms with Gasteiger partial charge in [-0.25, -0.2) is 9.59 Å². The Bertz CT molecular complexity index is 1040. The number of nitrogens with one attached hydrogen (secondary N) is 2. The molecule has 0 aliphatic heterocycles. The first-order chi connectivity index (χ1) is 19.1. The van der Waals surface area contributed by atoms with Gasteiger partial charge in [-0.3, -0.25) is 10.6 Å². The molecule has 2 amide bonds. The second-order valence-electron chi connectivity index (χ2n) is 8.68. The molecule has 0 aliphatic carbocycles. The summed E-state index contributed by atoms with van der Waals surface area (Å²) in [4.78, 5) is 44.1. The van der Waals surface area contributed by atoms with E-state index in [1.807, 2.05) is 0 Å². The van der Waals surface area contributed by atoms with Crippen LogP contribution in [-0.4, -0.2) is 47.6 Å². The summed E-state index contributed by atoms with van der Waals surface area (Å²) in [6.45, 7) is 4.84. The van der Waals surface area contributed by atoms with Crippen molar-refractivity contribution in [3.8, 4) is 11.5 Å². The zero-order valence-corrected chi connectivity index (χ0v) is 26.4. The van der Waals surface area contributed by atoms with Crippen LogP contribution in [0.15, 0.2) is 36.4 Å². The maximum Gasteiger partial charge on any atom is 2.00 e. The second-order valence-corrected chi connectivity index (χ2v) is 8.68. The Morgan fingerprint density at radius 3 is 1.32 bits per heavy atom. The van der Waals surface area contributed by atoms with Gasteiger partial charge in [0.1, 0.15) is 11.5 Å². The molecule has 0 bridgehead atoms. The molecular formula is C28H36N2O10Zn. The standard InChI is InChI=1S/2C14H19NO5.Zn/c2*1-2-3-4-5-8-20-14(19)15-10-6-7-11(13(17)18)12(16)9-10;/h2*6-7,9,16H,2-5,8H2,1H3,(H,15,19)(H,17,18);/q;;+2/p-2. The molecule has 0 fully saturated rings. The molecule has 4 N–H and O–H groups in total. The molecule has 2 aromatic rings. The molecule has 220 valence electrons. The monoisotopic (exact) mass is 624 g/mol. The first-order valence-electron chi connectivity index (χ1n) is 13.0. The van der Waals surface area contributed by atoms with Gasteiger partial charge in [-0.15, -0.1) is 0 Å². The van der Waals surface area contributed by atoms with Gasteiger partial charge in [-0.1, -0.05) is 52.4 Å². The largest absolute Gasteiger partial charge is 2.00 e. The third kappa shape index (κ3) is 15.5. The van der Waals surface area contributed by atoms with Gasteiger partial charge in [0.15, 0.2) is 0 Å². The number of hydrogen-bond donors (Lipinski definition) is 4. The van der Waals surface area contributed by atoms with Crippen LogP contribution in [-0.2, 0) is 29.0 Å². The van der Waals surface area contributed by atoms with Gasteiger partial charge in [0, 0.05) is 34.6 Å². The van der Waals surface area contributed by atoms with E-state index in [1.165, 1.54) is 12.1 Å². The molecule has 0 aromatic heterocycles. The van der Waals surface area contributed by atoms with Crippen molar-refractivity contribution in [2.24, 2.45) is 0 Å². The Labute approximate surface area is 251 Å². The fraction of sp³-hybridized carbons (Fsp3) is 0.429. The zero-order chi connectivity index (χ0) is 29.9. The molecule has 0 saturated carbocycles. The molecule has 0 unspecified atom stereocenters. The van der Waals surface area contributed by atoms with Crippen molar-refractivity contribution in [2.45, 2.75) is 65.2 Å². The number of benzene rings is 2. The normalized spacial score (nSPS) is 9.80. The van der Waals surface area contributed by atoms with Crippen molar-refractivity contribution in [3.05, 3.63) is 47.5 Å². The number of carboxylic acids is 2. The van der Waals surface area contributed by atoms with E-state index in [-0.39, 0.29) is 42.0 Å². The molecule has 0 atom stereocenters. The Balaban J connectivity index is 0.000000762. The molecular weight excluding hydrogens is 590 g/mol. The van der Waals surface area contributed by atoms with E-state index in [9.17, 15) is 39.6 Å². The number of carbonyl (C=O) groups excluding carboxylic acids is 4. The molecule has 41 heavy (non-hydrogen) atoms. The number of unbranched alkanes of at least 4 members (excludes halogenated alkanes) is 6.